The maximum Gasteiger partial charge on any atom is 0.242 e. The van der Waals surface area contributed by atoms with Crippen molar-refractivity contribution in [3.8, 4) is 5.75 Å². The molecule has 1 aliphatic rings. The molecule has 1 aliphatic heterocycles. The Morgan fingerprint density at radius 1 is 1.14 bits per heavy atom. The second-order valence-electron chi connectivity index (χ2n) is 5.02. The zero-order valence-corrected chi connectivity index (χ0v) is 12.3. The molecule has 0 saturated heterocycles. The normalized spacial score (nSPS) is 17.2. The maximum absolute atomic E-state index is 12.1. The number of rotatable bonds is 3. The fraction of sp³-hybridized carbons (Fsp3) is 0.235. The number of para-hydroxylation sites is 2. The number of ether oxygens (including phenoxy) is 1. The lowest BCUT2D eigenvalue weighted by Crippen LogP contribution is -2.45. The van der Waals surface area contributed by atoms with Gasteiger partial charge in [0.2, 0.25) is 5.91 Å². The van der Waals surface area contributed by atoms with Crippen molar-refractivity contribution >= 4 is 23.2 Å². The number of hydrogen-bond donors (Lipinski definition) is 0. The first-order valence-corrected chi connectivity index (χ1v) is 7.47. The van der Waals surface area contributed by atoms with Crippen molar-refractivity contribution in [2.75, 3.05) is 17.3 Å². The van der Waals surface area contributed by atoms with E-state index in [2.05, 4.69) is 0 Å². The Labute approximate surface area is 129 Å². The van der Waals surface area contributed by atoms with Crippen LogP contribution in [0.5, 0.6) is 5.75 Å². The van der Waals surface area contributed by atoms with Crippen LogP contribution in [0.3, 0.4) is 0 Å². The minimum absolute atomic E-state index is 0.0214. The molecule has 2 aromatic carbocycles. The molecule has 3 rings (SSSR count). The van der Waals surface area contributed by atoms with Gasteiger partial charge < -0.3 is 9.64 Å². The van der Waals surface area contributed by atoms with Crippen LogP contribution in [-0.2, 0) is 11.2 Å². The van der Waals surface area contributed by atoms with Gasteiger partial charge in [-0.2, -0.15) is 0 Å². The molecular formula is C17H16ClNO2. The average molecular weight is 302 g/mol. The minimum atomic E-state index is -0.0921. The van der Waals surface area contributed by atoms with Crippen LogP contribution in [0.15, 0.2) is 54.6 Å². The van der Waals surface area contributed by atoms with Crippen LogP contribution < -0.4 is 9.64 Å². The summed E-state index contributed by atoms with van der Waals surface area (Å²) in [4.78, 5) is 13.8. The number of benzene rings is 2. The second-order valence-corrected chi connectivity index (χ2v) is 5.29. The van der Waals surface area contributed by atoms with E-state index in [-0.39, 0.29) is 17.9 Å². The third kappa shape index (κ3) is 3.03. The standard InChI is InChI=1S/C17H16ClNO2/c18-11-17(20)19-12-15(21-14-7-2-1-3-8-14)10-13-6-4-5-9-16(13)19/h1-9,15H,10-12H2. The van der Waals surface area contributed by atoms with Crippen LogP contribution in [0.4, 0.5) is 5.69 Å². The van der Waals surface area contributed by atoms with Gasteiger partial charge in [0.1, 0.15) is 17.7 Å². The molecule has 0 saturated carbocycles. The molecule has 0 spiro atoms. The van der Waals surface area contributed by atoms with Gasteiger partial charge in [0.05, 0.1) is 6.54 Å². The number of fused-ring (bicyclic) bond motifs is 1. The first-order chi connectivity index (χ1) is 10.3. The molecule has 1 atom stereocenters. The van der Waals surface area contributed by atoms with Gasteiger partial charge in [-0.25, -0.2) is 0 Å². The van der Waals surface area contributed by atoms with E-state index in [0.29, 0.717) is 6.54 Å². The summed E-state index contributed by atoms with van der Waals surface area (Å²) in [5.41, 5.74) is 2.05. The highest BCUT2D eigenvalue weighted by Crippen LogP contribution is 2.29. The summed E-state index contributed by atoms with van der Waals surface area (Å²) in [6, 6.07) is 17.6. The molecule has 4 heteroatoms. The number of carbonyl (C=O) groups excluding carboxylic acids is 1. The van der Waals surface area contributed by atoms with E-state index in [1.54, 1.807) is 4.90 Å². The van der Waals surface area contributed by atoms with E-state index in [9.17, 15) is 4.79 Å². The van der Waals surface area contributed by atoms with Gasteiger partial charge in [-0.05, 0) is 23.8 Å². The van der Waals surface area contributed by atoms with Crippen molar-refractivity contribution in [3.05, 3.63) is 60.2 Å². The fourth-order valence-corrected chi connectivity index (χ4v) is 2.78. The number of nitrogens with zero attached hydrogens (tertiary/aromatic N) is 1. The molecule has 0 N–H and O–H groups in total. The molecule has 1 unspecified atom stereocenters. The SMILES string of the molecule is O=C(CCl)N1CC(Oc2ccccc2)Cc2ccccc21. The zero-order chi connectivity index (χ0) is 14.7. The molecule has 0 radical (unpaired) electrons. The summed E-state index contributed by atoms with van der Waals surface area (Å²) in [6.07, 6.45) is 0.728. The summed E-state index contributed by atoms with van der Waals surface area (Å²) in [5, 5.41) is 0. The lowest BCUT2D eigenvalue weighted by atomic mass is 9.99. The number of halogens is 1. The molecule has 0 fully saturated rings. The summed E-state index contributed by atoms with van der Waals surface area (Å²) >= 11 is 5.73. The van der Waals surface area contributed by atoms with Gasteiger partial charge in [0.25, 0.3) is 0 Å². The maximum atomic E-state index is 12.1. The quantitative estimate of drug-likeness (QED) is 0.814. The average Bonchev–Trinajstić information content (AvgIpc) is 2.54. The lowest BCUT2D eigenvalue weighted by molar-refractivity contribution is -0.116. The number of carbonyl (C=O) groups is 1. The van der Waals surface area contributed by atoms with Crippen molar-refractivity contribution in [3.63, 3.8) is 0 Å². The zero-order valence-electron chi connectivity index (χ0n) is 11.5. The van der Waals surface area contributed by atoms with Crippen molar-refractivity contribution in [1.29, 1.82) is 0 Å². The van der Waals surface area contributed by atoms with Crippen molar-refractivity contribution < 1.29 is 9.53 Å². The fourth-order valence-electron chi connectivity index (χ4n) is 2.64. The molecule has 2 aromatic rings. The van der Waals surface area contributed by atoms with Gasteiger partial charge in [-0.1, -0.05) is 36.4 Å². The lowest BCUT2D eigenvalue weighted by Gasteiger charge is -2.34. The predicted molar refractivity (Wildman–Crippen MR) is 84.1 cm³/mol. The van der Waals surface area contributed by atoms with E-state index in [4.69, 9.17) is 16.3 Å². The van der Waals surface area contributed by atoms with Crippen molar-refractivity contribution in [2.45, 2.75) is 12.5 Å². The van der Waals surface area contributed by atoms with Crippen LogP contribution in [0.25, 0.3) is 0 Å². The van der Waals surface area contributed by atoms with E-state index >= 15 is 0 Å². The van der Waals surface area contributed by atoms with Gasteiger partial charge in [0, 0.05) is 12.1 Å². The van der Waals surface area contributed by atoms with Crippen LogP contribution in [0.2, 0.25) is 0 Å². The Kier molecular flexibility index (Phi) is 4.11. The number of alkyl halides is 1. The van der Waals surface area contributed by atoms with Gasteiger partial charge in [-0.3, -0.25) is 4.79 Å². The largest absolute Gasteiger partial charge is 0.488 e. The highest BCUT2D eigenvalue weighted by atomic mass is 35.5. The van der Waals surface area contributed by atoms with E-state index in [0.717, 1.165) is 23.4 Å². The Morgan fingerprint density at radius 3 is 2.62 bits per heavy atom. The number of hydrogen-bond acceptors (Lipinski definition) is 2. The molecule has 0 aromatic heterocycles. The Balaban J connectivity index is 1.85. The Bertz CT molecular complexity index is 630. The van der Waals surface area contributed by atoms with E-state index < -0.39 is 0 Å². The first-order valence-electron chi connectivity index (χ1n) is 6.94. The van der Waals surface area contributed by atoms with Crippen molar-refractivity contribution in [1.82, 2.24) is 0 Å². The van der Waals surface area contributed by atoms with Gasteiger partial charge in [0.15, 0.2) is 0 Å². The molecule has 0 aliphatic carbocycles. The topological polar surface area (TPSA) is 29.5 Å². The van der Waals surface area contributed by atoms with Gasteiger partial charge >= 0.3 is 0 Å². The molecular weight excluding hydrogens is 286 g/mol. The smallest absolute Gasteiger partial charge is 0.242 e. The molecule has 1 amide bonds. The van der Waals surface area contributed by atoms with E-state index in [1.807, 2.05) is 54.6 Å². The molecule has 108 valence electrons. The summed E-state index contributed by atoms with van der Waals surface area (Å²) < 4.78 is 6.00. The monoisotopic (exact) mass is 301 g/mol. The van der Waals surface area contributed by atoms with Gasteiger partial charge in [-0.15, -0.1) is 11.6 Å². The Morgan fingerprint density at radius 2 is 1.86 bits per heavy atom. The summed E-state index contributed by atoms with van der Waals surface area (Å²) in [5.74, 6) is 0.706. The highest BCUT2D eigenvalue weighted by molar-refractivity contribution is 6.29. The molecule has 1 heterocycles. The molecule has 3 nitrogen and oxygen atoms in total. The van der Waals surface area contributed by atoms with Crippen molar-refractivity contribution in [2.24, 2.45) is 0 Å². The van der Waals surface area contributed by atoms with E-state index in [1.165, 1.54) is 0 Å². The third-order valence-electron chi connectivity index (χ3n) is 3.58. The molecule has 21 heavy (non-hydrogen) atoms. The summed E-state index contributed by atoms with van der Waals surface area (Å²) in [6.45, 7) is 0.525. The number of amides is 1. The first kappa shape index (κ1) is 14.0. The highest BCUT2D eigenvalue weighted by Gasteiger charge is 2.28. The number of anilines is 1. The Hall–Kier alpha value is -2.00. The third-order valence-corrected chi connectivity index (χ3v) is 3.81. The van der Waals surface area contributed by atoms with Crippen LogP contribution in [-0.4, -0.2) is 24.4 Å². The van der Waals surface area contributed by atoms with Crippen LogP contribution in [0, 0.1) is 0 Å². The predicted octanol–water partition coefficient (Wildman–Crippen LogP) is 3.26. The summed E-state index contributed by atoms with van der Waals surface area (Å²) in [7, 11) is 0. The second kappa shape index (κ2) is 6.19. The minimum Gasteiger partial charge on any atom is -0.488 e. The molecule has 0 bridgehead atoms. The van der Waals surface area contributed by atoms with Crippen LogP contribution >= 0.6 is 11.6 Å². The van der Waals surface area contributed by atoms with Crippen LogP contribution in [0.1, 0.15) is 5.56 Å².